The molecule has 120 valence electrons. The number of nitrogens with one attached hydrogen (secondary N) is 1. The number of aryl methyl sites for hydroxylation is 1. The van der Waals surface area contributed by atoms with E-state index in [9.17, 15) is 0 Å². The standard InChI is InChI=1S/C18H32N2S/c1-6-12-19-17(16-15(3)9-13-21-16)18(20(4)5)10-7-14(2)8-11-18/h9,13-14,17,19H,6-8,10-12H2,1-5H3. The molecule has 1 saturated carbocycles. The molecule has 1 aromatic heterocycles. The second kappa shape index (κ2) is 7.26. The van der Waals surface area contributed by atoms with Gasteiger partial charge in [0.15, 0.2) is 0 Å². The van der Waals surface area contributed by atoms with Crippen molar-refractivity contribution in [3.63, 3.8) is 0 Å². The van der Waals surface area contributed by atoms with Gasteiger partial charge in [0.25, 0.3) is 0 Å². The van der Waals surface area contributed by atoms with Crippen LogP contribution in [0.3, 0.4) is 0 Å². The molecule has 2 nitrogen and oxygen atoms in total. The highest BCUT2D eigenvalue weighted by molar-refractivity contribution is 7.10. The average molecular weight is 309 g/mol. The lowest BCUT2D eigenvalue weighted by Crippen LogP contribution is -2.55. The van der Waals surface area contributed by atoms with Gasteiger partial charge in [-0.2, -0.15) is 0 Å². The molecule has 0 spiro atoms. The monoisotopic (exact) mass is 308 g/mol. The maximum atomic E-state index is 3.89. The van der Waals surface area contributed by atoms with E-state index in [1.54, 1.807) is 4.88 Å². The molecule has 1 fully saturated rings. The minimum absolute atomic E-state index is 0.275. The Bertz CT molecular complexity index is 430. The van der Waals surface area contributed by atoms with Gasteiger partial charge in [-0.25, -0.2) is 0 Å². The van der Waals surface area contributed by atoms with Crippen molar-refractivity contribution < 1.29 is 0 Å². The van der Waals surface area contributed by atoms with Crippen molar-refractivity contribution in [2.75, 3.05) is 20.6 Å². The van der Waals surface area contributed by atoms with Crippen molar-refractivity contribution in [3.05, 3.63) is 21.9 Å². The van der Waals surface area contributed by atoms with Crippen LogP contribution < -0.4 is 5.32 Å². The van der Waals surface area contributed by atoms with E-state index in [2.05, 4.69) is 56.5 Å². The summed E-state index contributed by atoms with van der Waals surface area (Å²) < 4.78 is 0. The molecule has 2 rings (SSSR count). The number of nitrogens with zero attached hydrogens (tertiary/aromatic N) is 1. The first-order chi connectivity index (χ1) is 10.0. The highest BCUT2D eigenvalue weighted by atomic mass is 32.1. The van der Waals surface area contributed by atoms with Crippen LogP contribution >= 0.6 is 11.3 Å². The summed E-state index contributed by atoms with van der Waals surface area (Å²) in [6, 6.07) is 2.75. The lowest BCUT2D eigenvalue weighted by Gasteiger charge is -2.50. The largest absolute Gasteiger partial charge is 0.308 e. The summed E-state index contributed by atoms with van der Waals surface area (Å²) in [6.07, 6.45) is 6.51. The van der Waals surface area contributed by atoms with Gasteiger partial charge in [0.05, 0.1) is 6.04 Å². The van der Waals surface area contributed by atoms with Crippen molar-refractivity contribution >= 4 is 11.3 Å². The summed E-state index contributed by atoms with van der Waals surface area (Å²) in [4.78, 5) is 4.05. The first-order valence-corrected chi connectivity index (χ1v) is 9.34. The van der Waals surface area contributed by atoms with Crippen molar-refractivity contribution in [2.45, 2.75) is 64.5 Å². The van der Waals surface area contributed by atoms with Crippen LogP contribution in [0.5, 0.6) is 0 Å². The van der Waals surface area contributed by atoms with Gasteiger partial charge in [-0.05, 0) is 82.6 Å². The van der Waals surface area contributed by atoms with Crippen LogP contribution in [0.1, 0.15) is 62.4 Å². The SMILES string of the molecule is CCCNC(c1sccc1C)C1(N(C)C)CCC(C)CC1. The number of likely N-dealkylation sites (N-methyl/N-ethyl adjacent to an activating group) is 1. The van der Waals surface area contributed by atoms with Gasteiger partial charge in [0.2, 0.25) is 0 Å². The van der Waals surface area contributed by atoms with E-state index < -0.39 is 0 Å². The molecule has 0 bridgehead atoms. The molecular weight excluding hydrogens is 276 g/mol. The molecular formula is C18H32N2S. The van der Waals surface area contributed by atoms with E-state index in [0.29, 0.717) is 6.04 Å². The summed E-state index contributed by atoms with van der Waals surface area (Å²) in [6.45, 7) is 8.04. The van der Waals surface area contributed by atoms with Gasteiger partial charge < -0.3 is 10.2 Å². The van der Waals surface area contributed by atoms with Crippen LogP contribution in [0, 0.1) is 12.8 Å². The van der Waals surface area contributed by atoms with Gasteiger partial charge in [-0.3, -0.25) is 0 Å². The molecule has 0 aromatic carbocycles. The van der Waals surface area contributed by atoms with Crippen LogP contribution in [0.2, 0.25) is 0 Å². The van der Waals surface area contributed by atoms with Crippen LogP contribution in [0.4, 0.5) is 0 Å². The quantitative estimate of drug-likeness (QED) is 0.825. The fourth-order valence-electron chi connectivity index (χ4n) is 3.75. The molecule has 1 aliphatic carbocycles. The third-order valence-electron chi connectivity index (χ3n) is 5.33. The lowest BCUT2D eigenvalue weighted by atomic mass is 9.71. The van der Waals surface area contributed by atoms with E-state index in [0.717, 1.165) is 12.5 Å². The first-order valence-electron chi connectivity index (χ1n) is 8.46. The highest BCUT2D eigenvalue weighted by Gasteiger charge is 2.44. The molecule has 1 atom stereocenters. The molecule has 3 heteroatoms. The second-order valence-electron chi connectivity index (χ2n) is 7.04. The number of hydrogen-bond acceptors (Lipinski definition) is 3. The second-order valence-corrected chi connectivity index (χ2v) is 7.98. The fourth-order valence-corrected chi connectivity index (χ4v) is 4.86. The Balaban J connectivity index is 2.34. The smallest absolute Gasteiger partial charge is 0.0604 e. The minimum atomic E-state index is 0.275. The highest BCUT2D eigenvalue weighted by Crippen LogP contribution is 2.45. The summed E-state index contributed by atoms with van der Waals surface area (Å²) in [5, 5.41) is 6.14. The van der Waals surface area contributed by atoms with Crippen LogP contribution in [0.15, 0.2) is 11.4 Å². The average Bonchev–Trinajstić information content (AvgIpc) is 2.87. The Morgan fingerprint density at radius 2 is 2.05 bits per heavy atom. The molecule has 1 aliphatic rings. The van der Waals surface area contributed by atoms with Crippen molar-refractivity contribution in [1.29, 1.82) is 0 Å². The number of rotatable bonds is 6. The number of thiophene rings is 1. The summed E-state index contributed by atoms with van der Waals surface area (Å²) in [5.41, 5.74) is 1.73. The van der Waals surface area contributed by atoms with Gasteiger partial charge in [0, 0.05) is 10.4 Å². The Kier molecular flexibility index (Phi) is 5.87. The lowest BCUT2D eigenvalue weighted by molar-refractivity contribution is 0.0439. The molecule has 0 aliphatic heterocycles. The molecule has 1 N–H and O–H groups in total. The minimum Gasteiger partial charge on any atom is -0.308 e. The predicted octanol–water partition coefficient (Wildman–Crippen LogP) is 4.61. The molecule has 21 heavy (non-hydrogen) atoms. The molecule has 0 amide bonds. The van der Waals surface area contributed by atoms with E-state index in [-0.39, 0.29) is 5.54 Å². The van der Waals surface area contributed by atoms with Crippen molar-refractivity contribution in [3.8, 4) is 0 Å². The van der Waals surface area contributed by atoms with Crippen molar-refractivity contribution in [2.24, 2.45) is 5.92 Å². The van der Waals surface area contributed by atoms with Gasteiger partial charge in [0.1, 0.15) is 0 Å². The first kappa shape index (κ1) is 17.0. The molecule has 1 unspecified atom stereocenters. The maximum absolute atomic E-state index is 3.89. The zero-order valence-electron chi connectivity index (χ0n) is 14.4. The zero-order valence-corrected chi connectivity index (χ0v) is 15.2. The Morgan fingerprint density at radius 1 is 1.38 bits per heavy atom. The van der Waals surface area contributed by atoms with Gasteiger partial charge in [-0.1, -0.05) is 13.8 Å². The van der Waals surface area contributed by atoms with E-state index in [4.69, 9.17) is 0 Å². The maximum Gasteiger partial charge on any atom is 0.0604 e. The van der Waals surface area contributed by atoms with E-state index >= 15 is 0 Å². The van der Waals surface area contributed by atoms with E-state index in [1.165, 1.54) is 37.7 Å². The third kappa shape index (κ3) is 3.52. The molecule has 1 aromatic rings. The molecule has 0 radical (unpaired) electrons. The summed E-state index contributed by atoms with van der Waals surface area (Å²) >= 11 is 1.93. The summed E-state index contributed by atoms with van der Waals surface area (Å²) in [5.74, 6) is 0.884. The molecule has 1 heterocycles. The molecule has 0 saturated heterocycles. The van der Waals surface area contributed by atoms with E-state index in [1.807, 2.05) is 11.3 Å². The fraction of sp³-hybridized carbons (Fsp3) is 0.778. The Morgan fingerprint density at radius 3 is 2.52 bits per heavy atom. The van der Waals surface area contributed by atoms with Crippen LogP contribution in [-0.2, 0) is 0 Å². The Hall–Kier alpha value is -0.380. The third-order valence-corrected chi connectivity index (χ3v) is 6.41. The Labute approximate surface area is 134 Å². The topological polar surface area (TPSA) is 15.3 Å². The van der Waals surface area contributed by atoms with Gasteiger partial charge >= 0.3 is 0 Å². The normalized spacial score (nSPS) is 28.0. The van der Waals surface area contributed by atoms with Crippen LogP contribution in [0.25, 0.3) is 0 Å². The zero-order chi connectivity index (χ0) is 15.5. The number of hydrogen-bond donors (Lipinski definition) is 1. The van der Waals surface area contributed by atoms with Gasteiger partial charge in [-0.15, -0.1) is 11.3 Å². The van der Waals surface area contributed by atoms with Crippen LogP contribution in [-0.4, -0.2) is 31.1 Å². The summed E-state index contributed by atoms with van der Waals surface area (Å²) in [7, 11) is 4.55. The predicted molar refractivity (Wildman–Crippen MR) is 94.1 cm³/mol. The van der Waals surface area contributed by atoms with Crippen molar-refractivity contribution in [1.82, 2.24) is 10.2 Å².